The van der Waals surface area contributed by atoms with Crippen molar-refractivity contribution in [2.75, 3.05) is 0 Å². The van der Waals surface area contributed by atoms with E-state index in [1.165, 1.54) is 16.7 Å². The van der Waals surface area contributed by atoms with Crippen LogP contribution in [0.2, 0.25) is 0 Å². The molecule has 0 saturated carbocycles. The zero-order chi connectivity index (χ0) is 16.2. The highest BCUT2D eigenvalue weighted by Gasteiger charge is 2.46. The zero-order valence-electron chi connectivity index (χ0n) is 12.9. The quantitative estimate of drug-likeness (QED) is 0.349. The summed E-state index contributed by atoms with van der Waals surface area (Å²) >= 11 is 0. The van der Waals surface area contributed by atoms with Gasteiger partial charge in [0.15, 0.2) is 0 Å². The van der Waals surface area contributed by atoms with Gasteiger partial charge in [0.1, 0.15) is 0 Å². The maximum absolute atomic E-state index is 2.27. The smallest absolute Gasteiger partial charge is 0.0647 e. The summed E-state index contributed by atoms with van der Waals surface area (Å²) < 4.78 is 0.416. The molecule has 0 atom stereocenters. The van der Waals surface area contributed by atoms with Gasteiger partial charge in [0.25, 0.3) is 0 Å². The first-order valence-electron chi connectivity index (χ1n) is 7.74. The van der Waals surface area contributed by atoms with Crippen molar-refractivity contribution < 1.29 is 0 Å². The number of rotatable bonds is 4. The Balaban J connectivity index is 2.03. The van der Waals surface area contributed by atoms with E-state index < -0.39 is 0 Å². The third-order valence-electron chi connectivity index (χ3n) is 4.32. The lowest BCUT2D eigenvalue weighted by molar-refractivity contribution is 0.682. The molecule has 3 aromatic rings. The molecule has 0 radical (unpaired) electrons. The van der Waals surface area contributed by atoms with Crippen LogP contribution in [0.5, 0.6) is 0 Å². The molecule has 0 aliphatic carbocycles. The molecule has 3 aromatic carbocycles. The van der Waals surface area contributed by atoms with Crippen LogP contribution in [0.1, 0.15) is 16.7 Å². The molecule has 1 heterocycles. The predicted molar refractivity (Wildman–Crippen MR) is 113 cm³/mol. The van der Waals surface area contributed by atoms with E-state index in [0.717, 1.165) is 0 Å². The van der Waals surface area contributed by atoms with E-state index in [4.69, 9.17) is 0 Å². The highest BCUT2D eigenvalue weighted by Crippen LogP contribution is 2.66. The Hall–Kier alpha value is -0.940. The van der Waals surface area contributed by atoms with E-state index in [1.807, 2.05) is 41.2 Å². The molecule has 0 unspecified atom stereocenters. The monoisotopic (exact) mass is 384 g/mol. The van der Waals surface area contributed by atoms with Crippen LogP contribution in [0.4, 0.5) is 0 Å². The van der Waals surface area contributed by atoms with Gasteiger partial charge in [-0.25, -0.2) is 0 Å². The van der Waals surface area contributed by atoms with Crippen LogP contribution < -0.4 is 0 Å². The second-order valence-electron chi connectivity index (χ2n) is 5.57. The lowest BCUT2D eigenvalue weighted by Crippen LogP contribution is -2.37. The van der Waals surface area contributed by atoms with E-state index in [-0.39, 0.29) is 5.41 Å². The fourth-order valence-corrected chi connectivity index (χ4v) is 12.7. The number of hydrogen-bond acceptors (Lipinski definition) is 4. The van der Waals surface area contributed by atoms with Gasteiger partial charge >= 0.3 is 0 Å². The van der Waals surface area contributed by atoms with Crippen molar-refractivity contribution in [3.8, 4) is 0 Å². The van der Waals surface area contributed by atoms with Gasteiger partial charge in [-0.1, -0.05) is 113 Å². The molecule has 1 saturated heterocycles. The molecule has 4 rings (SSSR count). The maximum atomic E-state index is 2.27. The van der Waals surface area contributed by atoms with Gasteiger partial charge < -0.3 is 0 Å². The Kier molecular flexibility index (Phi) is 5.18. The molecule has 4 heteroatoms. The van der Waals surface area contributed by atoms with Gasteiger partial charge in [-0.15, -0.1) is 0 Å². The average molecular weight is 385 g/mol. The van der Waals surface area contributed by atoms with Crippen LogP contribution in [0.3, 0.4) is 0 Å². The molecule has 0 N–H and O–H groups in total. The molecular weight excluding hydrogens is 368 g/mol. The molecule has 24 heavy (non-hydrogen) atoms. The van der Waals surface area contributed by atoms with E-state index in [1.54, 1.807) is 0 Å². The van der Waals surface area contributed by atoms with Crippen LogP contribution in [-0.4, -0.2) is 4.58 Å². The molecule has 1 aliphatic rings. The molecule has 0 amide bonds. The van der Waals surface area contributed by atoms with Crippen LogP contribution in [0, 0.1) is 0 Å². The van der Waals surface area contributed by atoms with Crippen molar-refractivity contribution >= 4 is 41.2 Å². The summed E-state index contributed by atoms with van der Waals surface area (Å²) in [6.07, 6.45) is 0. The average Bonchev–Trinajstić information content (AvgIpc) is 3.20. The molecule has 0 spiro atoms. The second kappa shape index (κ2) is 7.52. The van der Waals surface area contributed by atoms with Gasteiger partial charge in [-0.2, -0.15) is 0 Å². The van der Waals surface area contributed by atoms with Crippen molar-refractivity contribution in [3.05, 3.63) is 108 Å². The molecule has 0 aromatic heterocycles. The molecule has 1 fully saturated rings. The third kappa shape index (κ3) is 2.90. The van der Waals surface area contributed by atoms with E-state index >= 15 is 0 Å². The molecular formula is C20H16S4. The van der Waals surface area contributed by atoms with Crippen molar-refractivity contribution in [1.29, 1.82) is 0 Å². The van der Waals surface area contributed by atoms with Crippen LogP contribution in [0.25, 0.3) is 0 Å². The van der Waals surface area contributed by atoms with Crippen molar-refractivity contribution in [1.82, 2.24) is 0 Å². The lowest BCUT2D eigenvalue weighted by Gasteiger charge is -2.39. The number of hydrogen-bond donors (Lipinski definition) is 0. The van der Waals surface area contributed by atoms with Crippen LogP contribution in [-0.2, 0) is 5.41 Å². The summed E-state index contributed by atoms with van der Waals surface area (Å²) in [6, 6.07) is 32.9. The molecule has 0 bridgehead atoms. The third-order valence-corrected chi connectivity index (χ3v) is 12.1. The number of benzene rings is 3. The molecule has 1 aliphatic heterocycles. The summed E-state index contributed by atoms with van der Waals surface area (Å²) in [6.45, 7) is 0. The van der Waals surface area contributed by atoms with Gasteiger partial charge in [-0.3, -0.25) is 0 Å². The highest BCUT2D eigenvalue weighted by molar-refractivity contribution is 9.31. The summed E-state index contributed by atoms with van der Waals surface area (Å²) in [7, 11) is 7.73. The normalized spacial score (nSPS) is 15.5. The van der Waals surface area contributed by atoms with Gasteiger partial charge in [0.2, 0.25) is 0 Å². The summed E-state index contributed by atoms with van der Waals surface area (Å²) in [5.41, 5.74) is 3.91. The summed E-state index contributed by atoms with van der Waals surface area (Å²) in [4.78, 5) is 0. The SMILES string of the molecule is c1ccc(C(c2ccccc2)(c2ccccc2)C2SSSS2)cc1. The van der Waals surface area contributed by atoms with Gasteiger partial charge in [-0.05, 0) is 36.3 Å². The van der Waals surface area contributed by atoms with E-state index in [0.29, 0.717) is 4.58 Å². The maximum Gasteiger partial charge on any atom is 0.0904 e. The lowest BCUT2D eigenvalue weighted by atomic mass is 9.70. The highest BCUT2D eigenvalue weighted by atomic mass is 33.7. The van der Waals surface area contributed by atoms with Crippen LogP contribution >= 0.6 is 41.2 Å². The fourth-order valence-electron chi connectivity index (χ4n) is 3.28. The zero-order valence-corrected chi connectivity index (χ0v) is 16.1. The standard InChI is InChI=1S/C20H16S4/c1-4-10-16(11-5-1)20(19-21-23-24-22-19,17-12-6-2-7-13-17)18-14-8-3-9-15-18/h1-15,19H. The topological polar surface area (TPSA) is 0 Å². The fraction of sp³-hybridized carbons (Fsp3) is 0.100. The predicted octanol–water partition coefficient (Wildman–Crippen LogP) is 7.04. The second-order valence-corrected chi connectivity index (χ2v) is 11.9. The Morgan fingerprint density at radius 3 is 1.17 bits per heavy atom. The van der Waals surface area contributed by atoms with Crippen molar-refractivity contribution in [3.63, 3.8) is 0 Å². The van der Waals surface area contributed by atoms with Crippen molar-refractivity contribution in [2.24, 2.45) is 0 Å². The first kappa shape index (κ1) is 16.5. The minimum atomic E-state index is -0.157. The van der Waals surface area contributed by atoms with Gasteiger partial charge in [0.05, 0.1) is 10.00 Å². The van der Waals surface area contributed by atoms with Gasteiger partial charge in [0, 0.05) is 0 Å². The summed E-state index contributed by atoms with van der Waals surface area (Å²) in [5.74, 6) is 0. The Morgan fingerprint density at radius 1 is 0.500 bits per heavy atom. The largest absolute Gasteiger partial charge is 0.0904 e. The minimum Gasteiger partial charge on any atom is -0.0647 e. The summed E-state index contributed by atoms with van der Waals surface area (Å²) in [5, 5.41) is 0. The molecule has 120 valence electrons. The first-order chi connectivity index (χ1) is 11.9. The Labute approximate surface area is 158 Å². The van der Waals surface area contributed by atoms with E-state index in [2.05, 4.69) is 91.0 Å². The minimum absolute atomic E-state index is 0.157. The van der Waals surface area contributed by atoms with Crippen molar-refractivity contribution in [2.45, 2.75) is 10.00 Å². The molecule has 0 nitrogen and oxygen atoms in total. The van der Waals surface area contributed by atoms with Crippen LogP contribution in [0.15, 0.2) is 91.0 Å². The Bertz CT molecular complexity index is 672. The Morgan fingerprint density at radius 2 is 0.833 bits per heavy atom. The van der Waals surface area contributed by atoms with E-state index in [9.17, 15) is 0 Å². The first-order valence-corrected chi connectivity index (χ1v) is 12.7.